The van der Waals surface area contributed by atoms with Crippen molar-refractivity contribution in [3.63, 3.8) is 0 Å². The topological polar surface area (TPSA) is 288 Å². The third-order valence-corrected chi connectivity index (χ3v) is 8.67. The van der Waals surface area contributed by atoms with Gasteiger partial charge in [0.05, 0.1) is 19.8 Å². The summed E-state index contributed by atoms with van der Waals surface area (Å²) in [6.07, 6.45) is 3.86. The average molecular weight is 853 g/mol. The van der Waals surface area contributed by atoms with Crippen LogP contribution in [0.2, 0.25) is 0 Å². The first-order valence-electron chi connectivity index (χ1n) is 19.5. The molecule has 60 heavy (non-hydrogen) atoms. The summed E-state index contributed by atoms with van der Waals surface area (Å²) in [5.74, 6) is -6.32. The Bertz CT molecular complexity index is 1440. The SMILES string of the molecule is CC(=O)NC1CCCN(O)C(=O)/C=C(\C)CCOC(=O)C(NC(C)=O)CCCN(O)C(=O)/C=C(\C)CCOC(=O)C(NC(C)=O)CCCN(O)C(=O)/C=C(/C)CCOC1=O. The fourth-order valence-electron chi connectivity index (χ4n) is 5.46. The molecule has 6 N–H and O–H groups in total. The third kappa shape index (κ3) is 22.5. The van der Waals surface area contributed by atoms with Crippen molar-refractivity contribution in [3.8, 4) is 0 Å². The van der Waals surface area contributed by atoms with Crippen LogP contribution in [0.3, 0.4) is 0 Å². The maximum atomic E-state index is 12.8. The minimum absolute atomic E-state index is 0.00642. The molecule has 0 aromatic rings. The molecular weight excluding hydrogens is 792 g/mol. The Labute approximate surface area is 349 Å². The molecule has 0 fully saturated rings. The number of carbonyl (C=O) groups excluding carboxylic acids is 9. The second-order valence-corrected chi connectivity index (χ2v) is 14.3. The number of amides is 6. The third-order valence-electron chi connectivity index (χ3n) is 8.67. The Hall–Kier alpha value is -5.67. The van der Waals surface area contributed by atoms with E-state index in [1.54, 1.807) is 20.8 Å². The summed E-state index contributed by atoms with van der Waals surface area (Å²) in [5, 5.41) is 39.6. The predicted octanol–water partition coefficient (Wildman–Crippen LogP) is 1.15. The number of carbonyl (C=O) groups is 9. The number of hydroxylamine groups is 6. The van der Waals surface area contributed by atoms with Gasteiger partial charge in [-0.05, 0) is 59.3 Å². The molecule has 1 aliphatic heterocycles. The maximum Gasteiger partial charge on any atom is 0.328 e. The van der Waals surface area contributed by atoms with Gasteiger partial charge in [-0.1, -0.05) is 16.7 Å². The average Bonchev–Trinajstić information content (AvgIpc) is 3.15. The van der Waals surface area contributed by atoms with Gasteiger partial charge in [-0.25, -0.2) is 29.6 Å². The van der Waals surface area contributed by atoms with E-state index >= 15 is 0 Å². The summed E-state index contributed by atoms with van der Waals surface area (Å²) >= 11 is 0. The number of rotatable bonds is 3. The lowest BCUT2D eigenvalue weighted by atomic mass is 10.1. The van der Waals surface area contributed by atoms with Crippen LogP contribution in [0.15, 0.2) is 34.9 Å². The van der Waals surface area contributed by atoms with Crippen LogP contribution in [0.1, 0.15) is 99.3 Å². The fraction of sp³-hybridized carbons (Fsp3) is 0.615. The molecule has 0 radical (unpaired) electrons. The Morgan fingerprint density at radius 1 is 0.500 bits per heavy atom. The highest BCUT2D eigenvalue weighted by Gasteiger charge is 2.25. The highest BCUT2D eigenvalue weighted by atomic mass is 16.5. The van der Waals surface area contributed by atoms with Gasteiger partial charge in [0, 0.05) is 77.9 Å². The van der Waals surface area contributed by atoms with E-state index in [0.717, 1.165) is 18.2 Å². The van der Waals surface area contributed by atoms with Gasteiger partial charge in [0.25, 0.3) is 17.7 Å². The standard InChI is InChI=1S/C39H60N6O15/c1-25-13-19-58-37(52)31(40-28(4)46)11-8-17-44(56)35(50)23-27(3)15-21-60-39(54)33(42-30(6)48)12-9-18-45(57)36(51)24-26(2)14-20-59-38(53)32(41-29(5)47)10-7-16-43(55)34(49)22-25/h22-24,31-33,55-57H,7-21H2,1-6H3,(H,40,46)(H,41,47)(H,42,48)/b25-22-,26-24+,27-23+. The van der Waals surface area contributed by atoms with Gasteiger partial charge in [-0.15, -0.1) is 0 Å². The van der Waals surface area contributed by atoms with Crippen molar-refractivity contribution in [2.45, 2.75) is 117 Å². The van der Waals surface area contributed by atoms with Gasteiger partial charge in [0.2, 0.25) is 17.7 Å². The molecule has 1 heterocycles. The zero-order valence-electron chi connectivity index (χ0n) is 35.2. The zero-order chi connectivity index (χ0) is 45.4. The van der Waals surface area contributed by atoms with Crippen molar-refractivity contribution in [1.82, 2.24) is 31.1 Å². The van der Waals surface area contributed by atoms with Crippen LogP contribution >= 0.6 is 0 Å². The van der Waals surface area contributed by atoms with E-state index in [2.05, 4.69) is 16.0 Å². The summed E-state index contributed by atoms with van der Waals surface area (Å²) in [6.45, 7) is 7.11. The second-order valence-electron chi connectivity index (χ2n) is 14.3. The Morgan fingerprint density at radius 2 is 0.733 bits per heavy atom. The Balaban J connectivity index is 3.15. The van der Waals surface area contributed by atoms with Crippen LogP contribution in [-0.4, -0.2) is 142 Å². The largest absolute Gasteiger partial charge is 0.464 e. The van der Waals surface area contributed by atoms with Crippen LogP contribution in [-0.2, 0) is 57.4 Å². The summed E-state index contributed by atoms with van der Waals surface area (Å²) in [5.41, 5.74) is 1.32. The van der Waals surface area contributed by atoms with Crippen LogP contribution in [0, 0.1) is 0 Å². The van der Waals surface area contributed by atoms with Gasteiger partial charge in [0.1, 0.15) is 18.1 Å². The van der Waals surface area contributed by atoms with Gasteiger partial charge >= 0.3 is 17.9 Å². The molecule has 6 amide bonds. The number of nitrogens with zero attached hydrogens (tertiary/aromatic N) is 3. The summed E-state index contributed by atoms with van der Waals surface area (Å²) in [4.78, 5) is 111. The van der Waals surface area contributed by atoms with Gasteiger partial charge in [0.15, 0.2) is 0 Å². The van der Waals surface area contributed by atoms with Crippen molar-refractivity contribution < 1.29 is 73.0 Å². The van der Waals surface area contributed by atoms with E-state index in [1.165, 1.54) is 20.8 Å². The van der Waals surface area contributed by atoms with Crippen molar-refractivity contribution in [2.75, 3.05) is 39.5 Å². The minimum atomic E-state index is -1.11. The first kappa shape index (κ1) is 52.3. The van der Waals surface area contributed by atoms with E-state index < -0.39 is 71.5 Å². The Kier molecular flexibility index (Phi) is 24.4. The molecular formula is C39H60N6O15. The van der Waals surface area contributed by atoms with E-state index in [9.17, 15) is 58.8 Å². The van der Waals surface area contributed by atoms with Crippen LogP contribution < -0.4 is 16.0 Å². The van der Waals surface area contributed by atoms with Crippen molar-refractivity contribution in [3.05, 3.63) is 34.9 Å². The number of ether oxygens (including phenoxy) is 3. The number of nitrogens with one attached hydrogen (secondary N) is 3. The van der Waals surface area contributed by atoms with Crippen molar-refractivity contribution >= 4 is 53.4 Å². The van der Waals surface area contributed by atoms with E-state index in [1.807, 2.05) is 0 Å². The lowest BCUT2D eigenvalue weighted by Gasteiger charge is -2.19. The molecule has 0 saturated carbocycles. The molecule has 0 spiro atoms. The molecule has 0 bridgehead atoms. The van der Waals surface area contributed by atoms with Gasteiger partial charge < -0.3 is 30.2 Å². The summed E-state index contributed by atoms with van der Waals surface area (Å²) in [7, 11) is 0. The fourth-order valence-corrected chi connectivity index (χ4v) is 5.46. The molecule has 0 saturated heterocycles. The van der Waals surface area contributed by atoms with E-state index in [-0.39, 0.29) is 97.2 Å². The molecule has 0 aliphatic carbocycles. The number of hydrogen-bond acceptors (Lipinski definition) is 15. The van der Waals surface area contributed by atoms with E-state index in [0.29, 0.717) is 31.9 Å². The van der Waals surface area contributed by atoms with Crippen molar-refractivity contribution in [1.29, 1.82) is 0 Å². The van der Waals surface area contributed by atoms with Crippen LogP contribution in [0.25, 0.3) is 0 Å². The van der Waals surface area contributed by atoms with Crippen molar-refractivity contribution in [2.24, 2.45) is 0 Å². The van der Waals surface area contributed by atoms with Crippen LogP contribution in [0.4, 0.5) is 0 Å². The molecule has 1 rings (SSSR count). The molecule has 1 aliphatic rings. The lowest BCUT2D eigenvalue weighted by Crippen LogP contribution is -2.41. The van der Waals surface area contributed by atoms with Gasteiger partial charge in [-0.3, -0.25) is 44.4 Å². The zero-order valence-corrected chi connectivity index (χ0v) is 35.2. The molecule has 3 atom stereocenters. The summed E-state index contributed by atoms with van der Waals surface area (Å²) < 4.78 is 15.9. The molecule has 0 aromatic heterocycles. The first-order valence-corrected chi connectivity index (χ1v) is 19.5. The molecule has 3 unspecified atom stereocenters. The first-order chi connectivity index (χ1) is 28.2. The van der Waals surface area contributed by atoms with E-state index in [4.69, 9.17) is 14.2 Å². The minimum Gasteiger partial charge on any atom is -0.464 e. The summed E-state index contributed by atoms with van der Waals surface area (Å²) in [6, 6.07) is -3.33. The molecule has 336 valence electrons. The normalized spacial score (nSPS) is 24.9. The Morgan fingerprint density at radius 3 is 0.950 bits per heavy atom. The molecule has 21 nitrogen and oxygen atoms in total. The monoisotopic (exact) mass is 852 g/mol. The number of esters is 3. The number of hydrogen-bond donors (Lipinski definition) is 6. The predicted molar refractivity (Wildman–Crippen MR) is 209 cm³/mol. The molecule has 21 heteroatoms. The quantitative estimate of drug-likeness (QED) is 0.132. The second kappa shape index (κ2) is 27.9. The highest BCUT2D eigenvalue weighted by Crippen LogP contribution is 2.11. The lowest BCUT2D eigenvalue weighted by molar-refractivity contribution is -0.160. The van der Waals surface area contributed by atoms with Crippen LogP contribution in [0.5, 0.6) is 0 Å². The maximum absolute atomic E-state index is 12.8. The molecule has 0 aromatic carbocycles. The highest BCUT2D eigenvalue weighted by molar-refractivity contribution is 5.89. The van der Waals surface area contributed by atoms with Gasteiger partial charge in [-0.2, -0.15) is 0 Å². The number of cyclic esters (lactones) is 3. The smallest absolute Gasteiger partial charge is 0.328 e.